The van der Waals surface area contributed by atoms with Crippen LogP contribution in [0.5, 0.6) is 5.75 Å². The standard InChI is InChI=1S/C17H16ClN3O4/c1-24-12-5-3-11(4-6-12)21-16(22)13-9-20(8-7-18)10-14(15(13)19-21)17(23)25-2/h3-6,9-10H,7-8H2,1-2H3. The van der Waals surface area contributed by atoms with E-state index in [-0.39, 0.29) is 11.1 Å². The molecule has 0 saturated carbocycles. The maximum absolute atomic E-state index is 12.8. The Hall–Kier alpha value is -2.80. The molecule has 0 amide bonds. The highest BCUT2D eigenvalue weighted by atomic mass is 35.5. The lowest BCUT2D eigenvalue weighted by molar-refractivity contribution is 0.0600. The predicted molar refractivity (Wildman–Crippen MR) is 93.1 cm³/mol. The smallest absolute Gasteiger partial charge is 0.341 e. The monoisotopic (exact) mass is 361 g/mol. The van der Waals surface area contributed by atoms with Crippen LogP contribution in [0, 0.1) is 0 Å². The Morgan fingerprint density at radius 2 is 1.92 bits per heavy atom. The van der Waals surface area contributed by atoms with Crippen LogP contribution in [0.1, 0.15) is 10.4 Å². The molecule has 0 atom stereocenters. The number of carbonyl (C=O) groups is 1. The van der Waals surface area contributed by atoms with Crippen molar-refractivity contribution < 1.29 is 14.3 Å². The van der Waals surface area contributed by atoms with Crippen molar-refractivity contribution in [1.82, 2.24) is 14.3 Å². The van der Waals surface area contributed by atoms with Crippen LogP contribution in [-0.2, 0) is 11.3 Å². The predicted octanol–water partition coefficient (Wildman–Crippen LogP) is 2.17. The third-order valence-electron chi connectivity index (χ3n) is 3.79. The Balaban J connectivity index is 2.21. The highest BCUT2D eigenvalue weighted by Gasteiger charge is 2.24. The first-order chi connectivity index (χ1) is 12.1. The molecule has 130 valence electrons. The van der Waals surface area contributed by atoms with E-state index in [0.717, 1.165) is 0 Å². The molecule has 1 aromatic carbocycles. The van der Waals surface area contributed by atoms with E-state index < -0.39 is 5.97 Å². The lowest BCUT2D eigenvalue weighted by Gasteiger charge is -2.09. The summed E-state index contributed by atoms with van der Waals surface area (Å²) in [6.07, 6.45) is 3.22. The van der Waals surface area contributed by atoms with E-state index in [4.69, 9.17) is 21.1 Å². The van der Waals surface area contributed by atoms with Crippen LogP contribution in [0.25, 0.3) is 16.9 Å². The fourth-order valence-electron chi connectivity index (χ4n) is 2.54. The van der Waals surface area contributed by atoms with Crippen molar-refractivity contribution in [3.8, 4) is 22.7 Å². The van der Waals surface area contributed by atoms with Crippen molar-refractivity contribution in [1.29, 1.82) is 0 Å². The molecule has 0 saturated heterocycles. The van der Waals surface area contributed by atoms with Gasteiger partial charge in [0.05, 0.1) is 25.5 Å². The maximum Gasteiger partial charge on any atom is 0.341 e. The second kappa shape index (κ2) is 6.98. The number of ether oxygens (including phenoxy) is 2. The average molecular weight is 362 g/mol. The van der Waals surface area contributed by atoms with Crippen molar-refractivity contribution in [2.24, 2.45) is 0 Å². The van der Waals surface area contributed by atoms with E-state index in [0.29, 0.717) is 35.1 Å². The van der Waals surface area contributed by atoms with E-state index in [1.807, 2.05) is 0 Å². The van der Waals surface area contributed by atoms with Crippen LogP contribution in [0.3, 0.4) is 0 Å². The Morgan fingerprint density at radius 3 is 2.52 bits per heavy atom. The summed E-state index contributed by atoms with van der Waals surface area (Å²) in [4.78, 5) is 24.9. The Labute approximate surface area is 148 Å². The first-order valence-corrected chi connectivity index (χ1v) is 8.04. The Bertz CT molecular complexity index is 930. The van der Waals surface area contributed by atoms with Gasteiger partial charge in [0.15, 0.2) is 0 Å². The first kappa shape index (κ1) is 17.0. The molecular weight excluding hydrogens is 346 g/mol. The minimum Gasteiger partial charge on any atom is -0.497 e. The van der Waals surface area contributed by atoms with Gasteiger partial charge in [0.25, 0.3) is 5.56 Å². The van der Waals surface area contributed by atoms with E-state index in [1.54, 1.807) is 48.3 Å². The van der Waals surface area contributed by atoms with Gasteiger partial charge in [-0.3, -0.25) is 4.79 Å². The largest absolute Gasteiger partial charge is 0.497 e. The Kier molecular flexibility index (Phi) is 4.76. The molecule has 7 nitrogen and oxygen atoms in total. The molecule has 0 N–H and O–H groups in total. The van der Waals surface area contributed by atoms with Crippen molar-refractivity contribution in [2.75, 3.05) is 20.1 Å². The van der Waals surface area contributed by atoms with Gasteiger partial charge in [-0.15, -0.1) is 11.6 Å². The molecular formula is C17H16ClN3O4. The number of hydrogen-bond donors (Lipinski definition) is 0. The number of nitrogens with zero attached hydrogens (tertiary/aromatic N) is 3. The number of alkyl halides is 1. The molecule has 8 heteroatoms. The normalized spacial score (nSPS) is 10.8. The molecule has 1 aromatic rings. The molecule has 0 spiro atoms. The number of aromatic nitrogens is 3. The van der Waals surface area contributed by atoms with E-state index in [9.17, 15) is 9.59 Å². The molecule has 0 unspecified atom stereocenters. The quantitative estimate of drug-likeness (QED) is 0.514. The summed E-state index contributed by atoms with van der Waals surface area (Å²) in [5.41, 5.74) is 1.08. The van der Waals surface area contributed by atoms with Crippen LogP contribution in [0.4, 0.5) is 0 Å². The molecule has 0 aliphatic carbocycles. The summed E-state index contributed by atoms with van der Waals surface area (Å²) in [5.74, 6) is 0.453. The number of carbonyl (C=O) groups excluding carboxylic acids is 1. The van der Waals surface area contributed by atoms with Crippen molar-refractivity contribution in [3.05, 3.63) is 52.6 Å². The molecule has 25 heavy (non-hydrogen) atoms. The van der Waals surface area contributed by atoms with Crippen molar-refractivity contribution in [2.45, 2.75) is 6.54 Å². The fourth-order valence-corrected chi connectivity index (χ4v) is 2.74. The van der Waals surface area contributed by atoms with Gasteiger partial charge in [-0.05, 0) is 24.3 Å². The lowest BCUT2D eigenvalue weighted by atomic mass is 10.1. The summed E-state index contributed by atoms with van der Waals surface area (Å²) >= 11 is 5.77. The average Bonchev–Trinajstić information content (AvgIpc) is 2.97. The van der Waals surface area contributed by atoms with Gasteiger partial charge >= 0.3 is 5.97 Å². The van der Waals surface area contributed by atoms with Crippen LogP contribution >= 0.6 is 11.6 Å². The minimum atomic E-state index is -0.562. The van der Waals surface area contributed by atoms with Gasteiger partial charge in [-0.2, -0.15) is 9.78 Å². The van der Waals surface area contributed by atoms with Crippen LogP contribution in [0.2, 0.25) is 0 Å². The zero-order valence-electron chi connectivity index (χ0n) is 13.7. The van der Waals surface area contributed by atoms with Gasteiger partial charge in [0, 0.05) is 24.8 Å². The number of esters is 1. The van der Waals surface area contributed by atoms with Crippen LogP contribution < -0.4 is 10.3 Å². The molecule has 2 aliphatic rings. The lowest BCUT2D eigenvalue weighted by Crippen LogP contribution is -2.15. The molecule has 3 rings (SSSR count). The Morgan fingerprint density at radius 1 is 1.20 bits per heavy atom. The molecule has 0 fully saturated rings. The van der Waals surface area contributed by atoms with Crippen LogP contribution in [0.15, 0.2) is 41.5 Å². The topological polar surface area (TPSA) is 75.3 Å². The number of pyridine rings is 1. The first-order valence-electron chi connectivity index (χ1n) is 7.50. The highest BCUT2D eigenvalue weighted by Crippen LogP contribution is 2.23. The number of fused-ring (bicyclic) bond motifs is 1. The van der Waals surface area contributed by atoms with Gasteiger partial charge in [0.1, 0.15) is 17.0 Å². The van der Waals surface area contributed by atoms with E-state index >= 15 is 0 Å². The number of benzene rings is 1. The van der Waals surface area contributed by atoms with Crippen molar-refractivity contribution >= 4 is 17.6 Å². The minimum absolute atomic E-state index is 0.217. The molecule has 0 aromatic heterocycles. The fraction of sp³-hybridized carbons (Fsp3) is 0.235. The zero-order chi connectivity index (χ0) is 18.0. The summed E-state index contributed by atoms with van der Waals surface area (Å²) in [6.45, 7) is 0.453. The molecule has 0 bridgehead atoms. The molecule has 2 aliphatic heterocycles. The summed E-state index contributed by atoms with van der Waals surface area (Å²) in [5, 5.41) is 4.32. The number of rotatable bonds is 5. The summed E-state index contributed by atoms with van der Waals surface area (Å²) in [6, 6.07) is 6.90. The molecule has 2 heterocycles. The van der Waals surface area contributed by atoms with E-state index in [1.165, 1.54) is 11.8 Å². The van der Waals surface area contributed by atoms with E-state index in [2.05, 4.69) is 5.10 Å². The second-order valence-corrected chi connectivity index (χ2v) is 5.65. The number of aryl methyl sites for hydroxylation is 1. The third-order valence-corrected chi connectivity index (χ3v) is 3.96. The van der Waals surface area contributed by atoms with Gasteiger partial charge < -0.3 is 14.0 Å². The van der Waals surface area contributed by atoms with Crippen molar-refractivity contribution in [3.63, 3.8) is 0 Å². The van der Waals surface area contributed by atoms with Gasteiger partial charge in [-0.1, -0.05) is 0 Å². The maximum atomic E-state index is 12.8. The highest BCUT2D eigenvalue weighted by molar-refractivity contribution is 6.17. The van der Waals surface area contributed by atoms with Gasteiger partial charge in [0.2, 0.25) is 0 Å². The zero-order valence-corrected chi connectivity index (χ0v) is 14.5. The number of hydrogen-bond acceptors (Lipinski definition) is 5. The summed E-state index contributed by atoms with van der Waals surface area (Å²) < 4.78 is 12.9. The SMILES string of the molecule is COC(=O)c1cn(CCCl)cc2c(=O)n(-c3ccc(OC)cc3)nc1-2. The third kappa shape index (κ3) is 3.10. The summed E-state index contributed by atoms with van der Waals surface area (Å²) in [7, 11) is 2.85. The van der Waals surface area contributed by atoms with Gasteiger partial charge in [-0.25, -0.2) is 4.79 Å². The molecule has 0 radical (unpaired) electrons. The number of halogens is 1. The number of methoxy groups -OCH3 is 2. The van der Waals surface area contributed by atoms with Crippen LogP contribution in [-0.4, -0.2) is 40.4 Å². The second-order valence-electron chi connectivity index (χ2n) is 5.27.